The van der Waals surface area contributed by atoms with Gasteiger partial charge in [0, 0.05) is 17.1 Å². The number of benzene rings is 1. The summed E-state index contributed by atoms with van der Waals surface area (Å²) in [4.78, 5) is 15.7. The Bertz CT molecular complexity index is 783. The standard InChI is InChI=1S/C16H15N4O2S/c1-11-14(8-19-20-11)12-3-2-4-13(7-12)22-6-5-17-16(21)15-9-23-10-18-15/h3-4,7-10H,5-6H2,1H3,(H,17,21)(H,19,20). The van der Waals surface area contributed by atoms with E-state index < -0.39 is 0 Å². The summed E-state index contributed by atoms with van der Waals surface area (Å²) < 4.78 is 5.66. The molecule has 0 unspecified atom stereocenters. The van der Waals surface area contributed by atoms with E-state index in [0.29, 0.717) is 24.6 Å². The van der Waals surface area contributed by atoms with Crippen LogP contribution in [0.5, 0.6) is 5.75 Å². The van der Waals surface area contributed by atoms with Gasteiger partial charge in [0.05, 0.1) is 17.7 Å². The number of aromatic nitrogens is 3. The fourth-order valence-electron chi connectivity index (χ4n) is 2.09. The molecule has 7 heteroatoms. The van der Waals surface area contributed by atoms with Crippen molar-refractivity contribution in [2.24, 2.45) is 0 Å². The molecule has 0 spiro atoms. The zero-order valence-electron chi connectivity index (χ0n) is 12.5. The summed E-state index contributed by atoms with van der Waals surface area (Å²) in [5.74, 6) is 0.509. The van der Waals surface area contributed by atoms with Crippen LogP contribution in [0.25, 0.3) is 11.1 Å². The maximum absolute atomic E-state index is 11.7. The molecule has 0 atom stereocenters. The molecule has 0 aliphatic carbocycles. The Labute approximate surface area is 137 Å². The molecule has 6 nitrogen and oxygen atoms in total. The smallest absolute Gasteiger partial charge is 0.270 e. The number of H-pyrrole nitrogens is 1. The van der Waals surface area contributed by atoms with Gasteiger partial charge in [-0.15, -0.1) is 11.3 Å². The van der Waals surface area contributed by atoms with Crippen molar-refractivity contribution in [3.05, 3.63) is 52.7 Å². The SMILES string of the molecule is Cc1n[nH]cc1-c1c[c]cc(OCCNC(=O)c2cscn2)c1. The topological polar surface area (TPSA) is 79.9 Å². The van der Waals surface area contributed by atoms with Crippen molar-refractivity contribution in [2.45, 2.75) is 6.92 Å². The van der Waals surface area contributed by atoms with Crippen LogP contribution in [0, 0.1) is 13.0 Å². The van der Waals surface area contributed by atoms with Crippen LogP contribution in [-0.2, 0) is 0 Å². The first-order chi connectivity index (χ1) is 11.2. The lowest BCUT2D eigenvalue weighted by atomic mass is 10.1. The molecule has 0 aliphatic heterocycles. The lowest BCUT2D eigenvalue weighted by Gasteiger charge is -2.08. The van der Waals surface area contributed by atoms with E-state index in [4.69, 9.17) is 4.74 Å². The molecule has 117 valence electrons. The molecule has 2 aromatic heterocycles. The highest BCUT2D eigenvalue weighted by Gasteiger charge is 2.07. The van der Waals surface area contributed by atoms with Crippen molar-refractivity contribution in [2.75, 3.05) is 13.2 Å². The molecule has 0 fully saturated rings. The second-order valence-electron chi connectivity index (χ2n) is 4.82. The van der Waals surface area contributed by atoms with Gasteiger partial charge >= 0.3 is 0 Å². The summed E-state index contributed by atoms with van der Waals surface area (Å²) in [6, 6.07) is 8.63. The van der Waals surface area contributed by atoms with Gasteiger partial charge in [0.2, 0.25) is 0 Å². The van der Waals surface area contributed by atoms with Crippen LogP contribution >= 0.6 is 11.3 Å². The van der Waals surface area contributed by atoms with Crippen molar-refractivity contribution in [1.82, 2.24) is 20.5 Å². The summed E-state index contributed by atoms with van der Waals surface area (Å²) >= 11 is 1.39. The molecular weight excluding hydrogens is 312 g/mol. The number of rotatable bonds is 6. The highest BCUT2D eigenvalue weighted by molar-refractivity contribution is 7.07. The zero-order chi connectivity index (χ0) is 16.1. The molecule has 2 N–H and O–H groups in total. The lowest BCUT2D eigenvalue weighted by molar-refractivity contribution is 0.0942. The van der Waals surface area contributed by atoms with E-state index in [9.17, 15) is 4.79 Å². The number of aryl methyl sites for hydroxylation is 1. The van der Waals surface area contributed by atoms with Gasteiger partial charge in [0.15, 0.2) is 0 Å². The predicted octanol–water partition coefficient (Wildman–Crippen LogP) is 2.45. The number of nitrogens with zero attached hydrogens (tertiary/aromatic N) is 2. The van der Waals surface area contributed by atoms with E-state index in [-0.39, 0.29) is 5.91 Å². The largest absolute Gasteiger partial charge is 0.492 e. The Morgan fingerprint density at radius 1 is 1.48 bits per heavy atom. The fraction of sp³-hybridized carbons (Fsp3) is 0.188. The molecule has 3 aromatic rings. The highest BCUT2D eigenvalue weighted by Crippen LogP contribution is 2.24. The maximum atomic E-state index is 11.7. The minimum Gasteiger partial charge on any atom is -0.492 e. The molecule has 23 heavy (non-hydrogen) atoms. The molecule has 2 heterocycles. The zero-order valence-corrected chi connectivity index (χ0v) is 13.3. The van der Waals surface area contributed by atoms with Crippen LogP contribution in [0.3, 0.4) is 0 Å². The van der Waals surface area contributed by atoms with Gasteiger partial charge in [-0.25, -0.2) is 4.98 Å². The quantitative estimate of drug-likeness (QED) is 0.682. The average molecular weight is 327 g/mol. The summed E-state index contributed by atoms with van der Waals surface area (Å²) in [7, 11) is 0. The van der Waals surface area contributed by atoms with Gasteiger partial charge in [-0.1, -0.05) is 0 Å². The second kappa shape index (κ2) is 7.06. The number of nitrogens with one attached hydrogen (secondary N) is 2. The second-order valence-corrected chi connectivity index (χ2v) is 5.54. The number of ether oxygens (including phenoxy) is 1. The number of carbonyl (C=O) groups excluding carboxylic acids is 1. The van der Waals surface area contributed by atoms with E-state index >= 15 is 0 Å². The maximum Gasteiger partial charge on any atom is 0.270 e. The highest BCUT2D eigenvalue weighted by atomic mass is 32.1. The molecular formula is C16H15N4O2S. The molecule has 0 saturated carbocycles. The van der Waals surface area contributed by atoms with Crippen LogP contribution in [0.4, 0.5) is 0 Å². The number of hydrogen-bond acceptors (Lipinski definition) is 5. The monoisotopic (exact) mass is 327 g/mol. The van der Waals surface area contributed by atoms with Crippen LogP contribution < -0.4 is 10.1 Å². The van der Waals surface area contributed by atoms with Crippen molar-refractivity contribution in [3.63, 3.8) is 0 Å². The van der Waals surface area contributed by atoms with Crippen LogP contribution in [-0.4, -0.2) is 34.2 Å². The first kappa shape index (κ1) is 15.2. The fourth-order valence-corrected chi connectivity index (χ4v) is 2.62. The van der Waals surface area contributed by atoms with E-state index in [1.165, 1.54) is 11.3 Å². The summed E-state index contributed by atoms with van der Waals surface area (Å²) in [5, 5.41) is 11.4. The first-order valence-corrected chi connectivity index (χ1v) is 7.99. The Balaban J connectivity index is 1.53. The Morgan fingerprint density at radius 3 is 3.13 bits per heavy atom. The predicted molar refractivity (Wildman–Crippen MR) is 87.5 cm³/mol. The number of aromatic amines is 1. The molecule has 3 rings (SSSR count). The van der Waals surface area contributed by atoms with Crippen molar-refractivity contribution in [1.29, 1.82) is 0 Å². The lowest BCUT2D eigenvalue weighted by Crippen LogP contribution is -2.28. The molecule has 0 bridgehead atoms. The molecule has 0 aliphatic rings. The van der Waals surface area contributed by atoms with E-state index in [1.807, 2.05) is 25.3 Å². The van der Waals surface area contributed by atoms with Crippen molar-refractivity contribution >= 4 is 17.2 Å². The Morgan fingerprint density at radius 2 is 2.39 bits per heavy atom. The van der Waals surface area contributed by atoms with Gasteiger partial charge in [-0.3, -0.25) is 9.89 Å². The summed E-state index contributed by atoms with van der Waals surface area (Å²) in [6.45, 7) is 2.72. The number of amides is 1. The molecule has 0 saturated heterocycles. The van der Waals surface area contributed by atoms with Gasteiger partial charge < -0.3 is 10.1 Å². The molecule has 1 aromatic carbocycles. The summed E-state index contributed by atoms with van der Waals surface area (Å²) in [6.07, 6.45) is 1.84. The number of thiazole rings is 1. The van der Waals surface area contributed by atoms with E-state index in [2.05, 4.69) is 26.6 Å². The van der Waals surface area contributed by atoms with Crippen LogP contribution in [0.15, 0.2) is 35.3 Å². The molecule has 1 radical (unpaired) electrons. The van der Waals surface area contributed by atoms with E-state index in [1.54, 1.807) is 17.0 Å². The van der Waals surface area contributed by atoms with Crippen molar-refractivity contribution < 1.29 is 9.53 Å². The van der Waals surface area contributed by atoms with Gasteiger partial charge in [-0.2, -0.15) is 5.10 Å². The third-order valence-electron chi connectivity index (χ3n) is 3.23. The van der Waals surface area contributed by atoms with Crippen molar-refractivity contribution in [3.8, 4) is 16.9 Å². The minimum absolute atomic E-state index is 0.191. The van der Waals surface area contributed by atoms with Gasteiger partial charge in [0.25, 0.3) is 5.91 Å². The minimum atomic E-state index is -0.191. The Kier molecular flexibility index (Phi) is 4.68. The normalized spacial score (nSPS) is 10.5. The number of carbonyl (C=O) groups is 1. The molecule has 1 amide bonds. The third kappa shape index (κ3) is 3.75. The van der Waals surface area contributed by atoms with Crippen LogP contribution in [0.1, 0.15) is 16.2 Å². The Hall–Kier alpha value is -2.67. The number of hydrogen-bond donors (Lipinski definition) is 2. The summed E-state index contributed by atoms with van der Waals surface area (Å²) in [5.41, 5.74) is 4.99. The average Bonchev–Trinajstić information content (AvgIpc) is 3.23. The van der Waals surface area contributed by atoms with Gasteiger partial charge in [-0.05, 0) is 36.8 Å². The van der Waals surface area contributed by atoms with Crippen LogP contribution in [0.2, 0.25) is 0 Å². The third-order valence-corrected chi connectivity index (χ3v) is 3.81. The first-order valence-electron chi connectivity index (χ1n) is 7.05. The van der Waals surface area contributed by atoms with Gasteiger partial charge in [0.1, 0.15) is 18.1 Å². The van der Waals surface area contributed by atoms with E-state index in [0.717, 1.165) is 16.8 Å².